The number of hydrogen-bond donors (Lipinski definition) is 0. The Labute approximate surface area is 142 Å². The molecule has 0 saturated carbocycles. The van der Waals surface area contributed by atoms with Crippen LogP contribution in [-0.4, -0.2) is 7.11 Å². The van der Waals surface area contributed by atoms with Gasteiger partial charge in [0.15, 0.2) is 0 Å². The summed E-state index contributed by atoms with van der Waals surface area (Å²) in [5.41, 5.74) is 2.26. The molecule has 0 amide bonds. The van der Waals surface area contributed by atoms with Crippen LogP contribution in [0.15, 0.2) is 45.3 Å². The van der Waals surface area contributed by atoms with Crippen molar-refractivity contribution in [1.29, 1.82) is 0 Å². The number of benzene rings is 2. The topological polar surface area (TPSA) is 18.5 Å². The second kappa shape index (κ2) is 7.32. The molecule has 0 fully saturated rings. The zero-order chi connectivity index (χ0) is 15.4. The molecule has 4 heteroatoms. The Morgan fingerprint density at radius 1 is 1.05 bits per heavy atom. The molecule has 112 valence electrons. The summed E-state index contributed by atoms with van der Waals surface area (Å²) in [6.07, 6.45) is 0. The number of methoxy groups -OCH3 is 1. The van der Waals surface area contributed by atoms with Crippen LogP contribution in [0.4, 0.5) is 0 Å². The summed E-state index contributed by atoms with van der Waals surface area (Å²) in [6, 6.07) is 12.0. The van der Waals surface area contributed by atoms with Crippen LogP contribution in [0.5, 0.6) is 11.5 Å². The molecule has 0 heterocycles. The van der Waals surface area contributed by atoms with Crippen molar-refractivity contribution in [1.82, 2.24) is 0 Å². The first-order valence-corrected chi connectivity index (χ1v) is 8.34. The van der Waals surface area contributed by atoms with E-state index >= 15 is 0 Å². The van der Waals surface area contributed by atoms with Gasteiger partial charge >= 0.3 is 0 Å². The van der Waals surface area contributed by atoms with Gasteiger partial charge in [-0.05, 0) is 47.9 Å². The number of halogens is 2. The van der Waals surface area contributed by atoms with Crippen molar-refractivity contribution in [3.05, 3.63) is 56.5 Å². The molecule has 0 atom stereocenters. The highest BCUT2D eigenvalue weighted by Crippen LogP contribution is 2.31. The van der Waals surface area contributed by atoms with E-state index in [0.29, 0.717) is 12.5 Å². The lowest BCUT2D eigenvalue weighted by atomic mass is 10.0. The van der Waals surface area contributed by atoms with E-state index in [1.807, 2.05) is 30.3 Å². The van der Waals surface area contributed by atoms with Crippen LogP contribution in [-0.2, 0) is 6.61 Å². The Bertz CT molecular complexity index is 624. The highest BCUT2D eigenvalue weighted by atomic mass is 79.9. The molecule has 0 aliphatic heterocycles. The molecule has 0 radical (unpaired) electrons. The minimum Gasteiger partial charge on any atom is -0.497 e. The van der Waals surface area contributed by atoms with Crippen LogP contribution in [0.3, 0.4) is 0 Å². The number of ether oxygens (including phenoxy) is 2. The van der Waals surface area contributed by atoms with E-state index in [-0.39, 0.29) is 0 Å². The van der Waals surface area contributed by atoms with E-state index < -0.39 is 0 Å². The monoisotopic (exact) mass is 412 g/mol. The molecule has 2 aromatic carbocycles. The first-order valence-electron chi connectivity index (χ1n) is 6.76. The van der Waals surface area contributed by atoms with Crippen molar-refractivity contribution in [2.24, 2.45) is 0 Å². The fraction of sp³-hybridized carbons (Fsp3) is 0.294. The van der Waals surface area contributed by atoms with Crippen LogP contribution >= 0.6 is 31.9 Å². The smallest absolute Gasteiger partial charge is 0.123 e. The van der Waals surface area contributed by atoms with Crippen molar-refractivity contribution < 1.29 is 9.47 Å². The molecule has 2 nitrogen and oxygen atoms in total. The van der Waals surface area contributed by atoms with Gasteiger partial charge in [-0.2, -0.15) is 0 Å². The van der Waals surface area contributed by atoms with Crippen LogP contribution in [0.2, 0.25) is 0 Å². The summed E-state index contributed by atoms with van der Waals surface area (Å²) >= 11 is 7.06. The fourth-order valence-corrected chi connectivity index (χ4v) is 2.79. The van der Waals surface area contributed by atoms with Crippen molar-refractivity contribution in [3.8, 4) is 11.5 Å². The summed E-state index contributed by atoms with van der Waals surface area (Å²) in [4.78, 5) is 0. The number of hydrogen-bond acceptors (Lipinski definition) is 2. The third kappa shape index (κ3) is 4.24. The van der Waals surface area contributed by atoms with Crippen LogP contribution in [0, 0.1) is 0 Å². The third-order valence-corrected chi connectivity index (χ3v) is 4.50. The molecule has 0 N–H and O–H groups in total. The largest absolute Gasteiger partial charge is 0.497 e. The Kier molecular flexibility index (Phi) is 5.71. The Balaban J connectivity index is 2.20. The molecule has 0 aliphatic carbocycles. The van der Waals surface area contributed by atoms with E-state index in [0.717, 1.165) is 26.0 Å². The Morgan fingerprint density at radius 3 is 2.48 bits per heavy atom. The van der Waals surface area contributed by atoms with Gasteiger partial charge in [0.2, 0.25) is 0 Å². The van der Waals surface area contributed by atoms with Gasteiger partial charge < -0.3 is 9.47 Å². The summed E-state index contributed by atoms with van der Waals surface area (Å²) in [5.74, 6) is 2.16. The maximum Gasteiger partial charge on any atom is 0.123 e. The van der Waals surface area contributed by atoms with Gasteiger partial charge in [0.05, 0.1) is 7.11 Å². The quantitative estimate of drug-likeness (QED) is 0.605. The average molecular weight is 414 g/mol. The molecule has 2 rings (SSSR count). The zero-order valence-corrected chi connectivity index (χ0v) is 15.5. The average Bonchev–Trinajstić information content (AvgIpc) is 2.47. The first kappa shape index (κ1) is 16.4. The minimum absolute atomic E-state index is 0.409. The van der Waals surface area contributed by atoms with E-state index in [1.165, 1.54) is 5.56 Å². The molecule has 0 unspecified atom stereocenters. The lowest BCUT2D eigenvalue weighted by Crippen LogP contribution is -2.01. The van der Waals surface area contributed by atoms with E-state index in [4.69, 9.17) is 9.47 Å². The third-order valence-electron chi connectivity index (χ3n) is 3.23. The van der Waals surface area contributed by atoms with Crippen molar-refractivity contribution in [3.63, 3.8) is 0 Å². The molecule has 0 aliphatic rings. The predicted molar refractivity (Wildman–Crippen MR) is 93.3 cm³/mol. The van der Waals surface area contributed by atoms with Crippen LogP contribution < -0.4 is 9.47 Å². The van der Waals surface area contributed by atoms with E-state index in [1.54, 1.807) is 7.11 Å². The highest BCUT2D eigenvalue weighted by molar-refractivity contribution is 9.10. The van der Waals surface area contributed by atoms with Crippen LogP contribution in [0.25, 0.3) is 0 Å². The second-order valence-electron chi connectivity index (χ2n) is 5.08. The molecule has 21 heavy (non-hydrogen) atoms. The van der Waals surface area contributed by atoms with Crippen molar-refractivity contribution >= 4 is 31.9 Å². The molecule has 0 saturated heterocycles. The van der Waals surface area contributed by atoms with Gasteiger partial charge in [-0.3, -0.25) is 0 Å². The minimum atomic E-state index is 0.409. The first-order chi connectivity index (χ1) is 10.0. The van der Waals surface area contributed by atoms with E-state index in [2.05, 4.69) is 51.8 Å². The fourth-order valence-electron chi connectivity index (χ4n) is 2.05. The van der Waals surface area contributed by atoms with Gasteiger partial charge in [-0.25, -0.2) is 0 Å². The van der Waals surface area contributed by atoms with Gasteiger partial charge in [0.25, 0.3) is 0 Å². The lowest BCUT2D eigenvalue weighted by Gasteiger charge is -2.15. The SMILES string of the molecule is COc1ccc(Br)c(COc2ccc(Br)cc2C(C)C)c1. The van der Waals surface area contributed by atoms with Gasteiger partial charge in [-0.15, -0.1) is 0 Å². The summed E-state index contributed by atoms with van der Waals surface area (Å²) in [7, 11) is 1.67. The molecule has 0 bridgehead atoms. The lowest BCUT2D eigenvalue weighted by molar-refractivity contribution is 0.300. The standard InChI is InChI=1S/C17H18Br2O2/c1-11(2)15-9-13(18)4-7-17(15)21-10-12-8-14(20-3)5-6-16(12)19/h4-9,11H,10H2,1-3H3. The second-order valence-corrected chi connectivity index (χ2v) is 6.85. The zero-order valence-electron chi connectivity index (χ0n) is 12.3. The summed E-state index contributed by atoms with van der Waals surface area (Å²) < 4.78 is 13.4. The highest BCUT2D eigenvalue weighted by Gasteiger charge is 2.10. The Hall–Kier alpha value is -1.00. The maximum absolute atomic E-state index is 6.01. The van der Waals surface area contributed by atoms with Gasteiger partial charge in [0, 0.05) is 14.5 Å². The van der Waals surface area contributed by atoms with Gasteiger partial charge in [0.1, 0.15) is 18.1 Å². The number of rotatable bonds is 5. The summed E-state index contributed by atoms with van der Waals surface area (Å²) in [5, 5.41) is 0. The summed E-state index contributed by atoms with van der Waals surface area (Å²) in [6.45, 7) is 4.82. The predicted octanol–water partition coefficient (Wildman–Crippen LogP) is 5.92. The van der Waals surface area contributed by atoms with E-state index in [9.17, 15) is 0 Å². The van der Waals surface area contributed by atoms with Gasteiger partial charge in [-0.1, -0.05) is 45.7 Å². The molecule has 0 aromatic heterocycles. The molecular formula is C17H18Br2O2. The van der Waals surface area contributed by atoms with Crippen LogP contribution in [0.1, 0.15) is 30.9 Å². The normalized spacial score (nSPS) is 10.8. The van der Waals surface area contributed by atoms with Crippen molar-refractivity contribution in [2.75, 3.05) is 7.11 Å². The molecule has 2 aromatic rings. The molecular weight excluding hydrogens is 396 g/mol. The maximum atomic E-state index is 6.01. The van der Waals surface area contributed by atoms with Crippen molar-refractivity contribution in [2.45, 2.75) is 26.4 Å². The Morgan fingerprint density at radius 2 is 1.81 bits per heavy atom. The molecule has 0 spiro atoms.